The van der Waals surface area contributed by atoms with Crippen molar-refractivity contribution in [3.05, 3.63) is 58.5 Å². The van der Waals surface area contributed by atoms with E-state index in [1.807, 2.05) is 34.9 Å². The van der Waals surface area contributed by atoms with Crippen molar-refractivity contribution in [2.45, 2.75) is 0 Å². The molecule has 0 atom stereocenters. The molecule has 0 aliphatic carbocycles. The van der Waals surface area contributed by atoms with Crippen LogP contribution in [0.2, 0.25) is 5.02 Å². The summed E-state index contributed by atoms with van der Waals surface area (Å²) in [6.07, 6.45) is 5.20. The van der Waals surface area contributed by atoms with E-state index in [9.17, 15) is 0 Å². The maximum Gasteiger partial charge on any atom is 0.123 e. The van der Waals surface area contributed by atoms with Crippen LogP contribution in [-0.2, 0) is 0 Å². The fourth-order valence-corrected chi connectivity index (χ4v) is 2.38. The highest BCUT2D eigenvalue weighted by molar-refractivity contribution is 9.10. The second-order valence-electron chi connectivity index (χ2n) is 4.22. The molecule has 100 valence electrons. The Kier molecular flexibility index (Phi) is 3.46. The van der Waals surface area contributed by atoms with Crippen LogP contribution in [0.5, 0.6) is 0 Å². The Morgan fingerprint density at radius 3 is 2.80 bits per heavy atom. The van der Waals surface area contributed by atoms with Crippen LogP contribution in [0.15, 0.2) is 53.5 Å². The molecule has 0 fully saturated rings. The third-order valence-electron chi connectivity index (χ3n) is 2.90. The summed E-state index contributed by atoms with van der Waals surface area (Å²) in [5.74, 6) is 0.476. The summed E-state index contributed by atoms with van der Waals surface area (Å²) < 4.78 is 2.81. The van der Waals surface area contributed by atoms with Crippen molar-refractivity contribution in [1.82, 2.24) is 14.5 Å². The van der Waals surface area contributed by atoms with E-state index >= 15 is 0 Å². The number of anilines is 1. The van der Waals surface area contributed by atoms with E-state index < -0.39 is 0 Å². The number of halogens is 2. The van der Waals surface area contributed by atoms with Crippen molar-refractivity contribution in [3.8, 4) is 16.9 Å². The van der Waals surface area contributed by atoms with Crippen LogP contribution in [0.25, 0.3) is 16.9 Å². The van der Waals surface area contributed by atoms with E-state index in [-0.39, 0.29) is 0 Å². The molecule has 3 aromatic rings. The van der Waals surface area contributed by atoms with E-state index in [2.05, 4.69) is 25.9 Å². The van der Waals surface area contributed by atoms with Gasteiger partial charge < -0.3 is 5.73 Å². The highest BCUT2D eigenvalue weighted by atomic mass is 79.9. The number of nitrogens with zero attached hydrogens (tertiary/aromatic N) is 3. The number of benzene rings is 1. The molecular formula is C14H10BrClN4. The van der Waals surface area contributed by atoms with E-state index in [0.717, 1.165) is 21.4 Å². The molecule has 0 saturated heterocycles. The van der Waals surface area contributed by atoms with E-state index in [4.69, 9.17) is 17.3 Å². The van der Waals surface area contributed by atoms with Crippen LogP contribution in [0.1, 0.15) is 0 Å². The lowest BCUT2D eigenvalue weighted by Crippen LogP contribution is -1.96. The first kappa shape index (κ1) is 13.1. The largest absolute Gasteiger partial charge is 0.384 e. The highest BCUT2D eigenvalue weighted by Gasteiger charge is 2.09. The zero-order valence-electron chi connectivity index (χ0n) is 10.3. The van der Waals surface area contributed by atoms with Crippen LogP contribution >= 0.6 is 27.5 Å². The zero-order chi connectivity index (χ0) is 14.1. The molecule has 3 rings (SSSR count). The number of hydrogen-bond acceptors (Lipinski definition) is 3. The molecule has 2 N–H and O–H groups in total. The van der Waals surface area contributed by atoms with Crippen LogP contribution in [0.3, 0.4) is 0 Å². The fourth-order valence-electron chi connectivity index (χ4n) is 1.96. The number of pyridine rings is 1. The first-order valence-corrected chi connectivity index (χ1v) is 7.02. The summed E-state index contributed by atoms with van der Waals surface area (Å²) in [4.78, 5) is 8.20. The number of nitrogen functional groups attached to an aromatic ring is 1. The Balaban J connectivity index is 2.12. The lowest BCUT2D eigenvalue weighted by molar-refractivity contribution is 1.06. The lowest BCUT2D eigenvalue weighted by atomic mass is 10.2. The molecule has 0 saturated carbocycles. The molecule has 0 unspecified atom stereocenters. The summed E-state index contributed by atoms with van der Waals surface area (Å²) in [5, 5.41) is 0.649. The minimum absolute atomic E-state index is 0.476. The van der Waals surface area contributed by atoms with Crippen LogP contribution in [0, 0.1) is 0 Å². The third-order valence-corrected chi connectivity index (χ3v) is 4.13. The van der Waals surface area contributed by atoms with E-state index in [0.29, 0.717) is 10.8 Å². The fraction of sp³-hybridized carbons (Fsp3) is 0. The highest BCUT2D eigenvalue weighted by Crippen LogP contribution is 2.28. The predicted octanol–water partition coefficient (Wildman–Crippen LogP) is 3.93. The molecule has 0 aliphatic rings. The van der Waals surface area contributed by atoms with Crippen LogP contribution < -0.4 is 5.73 Å². The molecule has 2 aromatic heterocycles. The summed E-state index contributed by atoms with van der Waals surface area (Å²) in [6, 6.07) is 9.45. The topological polar surface area (TPSA) is 56.7 Å². The van der Waals surface area contributed by atoms with Gasteiger partial charge in [0.05, 0.1) is 23.2 Å². The number of nitrogens with two attached hydrogens (primary N) is 1. The average molecular weight is 350 g/mol. The molecule has 0 aliphatic heterocycles. The van der Waals surface area contributed by atoms with Crippen molar-refractivity contribution in [3.63, 3.8) is 0 Å². The molecule has 6 heteroatoms. The summed E-state index contributed by atoms with van der Waals surface area (Å²) >= 11 is 9.53. The van der Waals surface area contributed by atoms with Crippen molar-refractivity contribution in [2.24, 2.45) is 0 Å². The standard InChI is InChI=1S/C14H10BrClN4/c15-11-2-1-10(6-12(11)16)20-8-18-7-13(20)9-3-4-19-14(17)5-9/h1-8H,(H2,17,19). The van der Waals surface area contributed by atoms with Gasteiger partial charge in [-0.1, -0.05) is 11.6 Å². The lowest BCUT2D eigenvalue weighted by Gasteiger charge is -2.09. The minimum atomic E-state index is 0.476. The first-order valence-electron chi connectivity index (χ1n) is 5.85. The zero-order valence-corrected chi connectivity index (χ0v) is 12.6. The van der Waals surface area contributed by atoms with Gasteiger partial charge in [-0.05, 0) is 46.3 Å². The maximum absolute atomic E-state index is 6.14. The Morgan fingerprint density at radius 2 is 2.05 bits per heavy atom. The second kappa shape index (κ2) is 5.26. The van der Waals surface area contributed by atoms with Gasteiger partial charge in [0.25, 0.3) is 0 Å². The van der Waals surface area contributed by atoms with Crippen LogP contribution in [0.4, 0.5) is 5.82 Å². The van der Waals surface area contributed by atoms with Gasteiger partial charge in [0.1, 0.15) is 5.82 Å². The molecule has 0 radical (unpaired) electrons. The molecule has 1 aromatic carbocycles. The number of aromatic nitrogens is 3. The van der Waals surface area contributed by atoms with E-state index in [1.165, 1.54) is 0 Å². The monoisotopic (exact) mass is 348 g/mol. The van der Waals surface area contributed by atoms with Gasteiger partial charge in [-0.15, -0.1) is 0 Å². The van der Waals surface area contributed by atoms with Gasteiger partial charge in [0, 0.05) is 21.9 Å². The number of imidazole rings is 1. The van der Waals surface area contributed by atoms with Gasteiger partial charge in [0.2, 0.25) is 0 Å². The summed E-state index contributed by atoms with van der Waals surface area (Å²) in [5.41, 5.74) is 8.54. The first-order chi connectivity index (χ1) is 9.65. The Hall–Kier alpha value is -1.85. The minimum Gasteiger partial charge on any atom is -0.384 e. The normalized spacial score (nSPS) is 10.7. The van der Waals surface area contributed by atoms with Gasteiger partial charge in [0.15, 0.2) is 0 Å². The SMILES string of the molecule is Nc1cc(-c2cncn2-c2ccc(Br)c(Cl)c2)ccn1. The molecule has 2 heterocycles. The maximum atomic E-state index is 6.14. The quantitative estimate of drug-likeness (QED) is 0.762. The van der Waals surface area contributed by atoms with Crippen molar-refractivity contribution >= 4 is 33.3 Å². The molecule has 0 spiro atoms. The van der Waals surface area contributed by atoms with Gasteiger partial charge in [-0.2, -0.15) is 0 Å². The molecule has 20 heavy (non-hydrogen) atoms. The molecule has 0 amide bonds. The Bertz CT molecular complexity index is 769. The number of rotatable bonds is 2. The van der Waals surface area contributed by atoms with Gasteiger partial charge in [-0.25, -0.2) is 9.97 Å². The van der Waals surface area contributed by atoms with Gasteiger partial charge >= 0.3 is 0 Å². The number of hydrogen-bond donors (Lipinski definition) is 1. The second-order valence-corrected chi connectivity index (χ2v) is 5.48. The third kappa shape index (κ3) is 2.42. The van der Waals surface area contributed by atoms with Crippen molar-refractivity contribution in [1.29, 1.82) is 0 Å². The molecular weight excluding hydrogens is 340 g/mol. The summed E-state index contributed by atoms with van der Waals surface area (Å²) in [6.45, 7) is 0. The molecule has 0 bridgehead atoms. The predicted molar refractivity (Wildman–Crippen MR) is 83.9 cm³/mol. The molecule has 4 nitrogen and oxygen atoms in total. The van der Waals surface area contributed by atoms with Gasteiger partial charge in [-0.3, -0.25) is 4.57 Å². The summed E-state index contributed by atoms with van der Waals surface area (Å²) in [7, 11) is 0. The van der Waals surface area contributed by atoms with Crippen molar-refractivity contribution in [2.75, 3.05) is 5.73 Å². The average Bonchev–Trinajstić information content (AvgIpc) is 2.91. The Morgan fingerprint density at radius 1 is 1.20 bits per heavy atom. The van der Waals surface area contributed by atoms with Crippen molar-refractivity contribution < 1.29 is 0 Å². The van der Waals surface area contributed by atoms with E-state index in [1.54, 1.807) is 18.7 Å². The van der Waals surface area contributed by atoms with Crippen LogP contribution in [-0.4, -0.2) is 14.5 Å². The smallest absolute Gasteiger partial charge is 0.123 e. The Labute approximate surface area is 129 Å².